The van der Waals surface area contributed by atoms with E-state index in [1.807, 2.05) is 0 Å². The standard InChI is InChI=1S/C25H42N4O/c1-2-24(15-21(1)28-10-4-23(5-11-28)7-13-30-14-8-23)6-12-29(20-27-18-24)22-16-25(17-22)3-9-26-19-25/h3,9,21-22,26-27H,1-2,4-8,10-20H2. The molecule has 168 valence electrons. The summed E-state index contributed by atoms with van der Waals surface area (Å²) in [6.45, 7) is 9.51. The molecule has 4 aliphatic heterocycles. The largest absolute Gasteiger partial charge is 0.390 e. The second-order valence-electron chi connectivity index (χ2n) is 11.8. The highest BCUT2D eigenvalue weighted by Crippen LogP contribution is 2.49. The van der Waals surface area contributed by atoms with Gasteiger partial charge in [-0.05, 0) is 94.3 Å². The van der Waals surface area contributed by atoms with E-state index in [1.54, 1.807) is 0 Å². The summed E-state index contributed by atoms with van der Waals surface area (Å²) in [6.07, 6.45) is 18.5. The van der Waals surface area contributed by atoms with Gasteiger partial charge in [0, 0.05) is 57.0 Å². The van der Waals surface area contributed by atoms with Crippen molar-refractivity contribution in [1.29, 1.82) is 0 Å². The minimum atomic E-state index is 0.489. The van der Waals surface area contributed by atoms with Gasteiger partial charge in [-0.3, -0.25) is 4.90 Å². The number of nitrogens with zero attached hydrogens (tertiary/aromatic N) is 2. The summed E-state index contributed by atoms with van der Waals surface area (Å²) in [5, 5.41) is 7.31. The number of hydrogen-bond donors (Lipinski definition) is 2. The second-order valence-corrected chi connectivity index (χ2v) is 11.8. The van der Waals surface area contributed by atoms with Gasteiger partial charge >= 0.3 is 0 Å². The quantitative estimate of drug-likeness (QED) is 0.727. The second kappa shape index (κ2) is 7.75. The van der Waals surface area contributed by atoms with Gasteiger partial charge in [-0.15, -0.1) is 0 Å². The molecule has 2 aliphatic carbocycles. The molecule has 30 heavy (non-hydrogen) atoms. The number of rotatable bonds is 2. The monoisotopic (exact) mass is 414 g/mol. The lowest BCUT2D eigenvalue weighted by atomic mass is 9.65. The minimum Gasteiger partial charge on any atom is -0.390 e. The maximum absolute atomic E-state index is 5.64. The predicted octanol–water partition coefficient (Wildman–Crippen LogP) is 2.94. The molecule has 0 radical (unpaired) electrons. The zero-order chi connectivity index (χ0) is 20.1. The molecular formula is C25H42N4O. The Bertz CT molecular complexity index is 644. The van der Waals surface area contributed by atoms with Crippen LogP contribution in [0.5, 0.6) is 0 Å². The fraction of sp³-hybridized carbons (Fsp3) is 0.920. The third-order valence-electron chi connectivity index (χ3n) is 10.2. The molecule has 3 saturated heterocycles. The molecule has 2 saturated carbocycles. The topological polar surface area (TPSA) is 39.8 Å². The molecule has 4 heterocycles. The van der Waals surface area contributed by atoms with Crippen LogP contribution in [-0.4, -0.2) is 74.5 Å². The lowest BCUT2D eigenvalue weighted by Gasteiger charge is -2.48. The summed E-state index contributed by atoms with van der Waals surface area (Å²) in [4.78, 5) is 5.66. The number of nitrogens with one attached hydrogen (secondary N) is 2. The van der Waals surface area contributed by atoms with E-state index in [9.17, 15) is 0 Å². The Morgan fingerprint density at radius 2 is 1.53 bits per heavy atom. The van der Waals surface area contributed by atoms with Crippen molar-refractivity contribution in [2.45, 2.75) is 76.3 Å². The normalized spacial score (nSPS) is 44.4. The molecule has 0 amide bonds. The molecule has 0 bridgehead atoms. The Labute approximate surface area is 183 Å². The smallest absolute Gasteiger partial charge is 0.0483 e. The van der Waals surface area contributed by atoms with E-state index < -0.39 is 0 Å². The third-order valence-corrected chi connectivity index (χ3v) is 10.2. The van der Waals surface area contributed by atoms with Crippen molar-refractivity contribution in [3.05, 3.63) is 12.3 Å². The van der Waals surface area contributed by atoms with Crippen LogP contribution in [0.3, 0.4) is 0 Å². The van der Waals surface area contributed by atoms with Crippen molar-refractivity contribution < 1.29 is 4.74 Å². The van der Waals surface area contributed by atoms with Crippen LogP contribution in [0.2, 0.25) is 0 Å². The number of likely N-dealkylation sites (tertiary alicyclic amines) is 1. The van der Waals surface area contributed by atoms with Crippen LogP contribution in [0.4, 0.5) is 0 Å². The maximum atomic E-state index is 5.64. The first-order valence-corrected chi connectivity index (χ1v) is 12.9. The van der Waals surface area contributed by atoms with Crippen molar-refractivity contribution in [2.24, 2.45) is 16.2 Å². The van der Waals surface area contributed by atoms with Crippen molar-refractivity contribution in [1.82, 2.24) is 20.4 Å². The maximum Gasteiger partial charge on any atom is 0.0483 e. The van der Waals surface area contributed by atoms with Crippen molar-refractivity contribution in [2.75, 3.05) is 52.6 Å². The summed E-state index contributed by atoms with van der Waals surface area (Å²) in [5.74, 6) is 0. The number of ether oxygens (including phenoxy) is 1. The van der Waals surface area contributed by atoms with Gasteiger partial charge in [0.25, 0.3) is 0 Å². The summed E-state index contributed by atoms with van der Waals surface area (Å²) in [6, 6.07) is 1.64. The molecule has 0 aromatic carbocycles. The molecule has 6 rings (SSSR count). The minimum absolute atomic E-state index is 0.489. The third kappa shape index (κ3) is 3.64. The van der Waals surface area contributed by atoms with E-state index in [-0.39, 0.29) is 0 Å². The van der Waals surface area contributed by atoms with Gasteiger partial charge < -0.3 is 20.3 Å². The Morgan fingerprint density at radius 3 is 2.30 bits per heavy atom. The van der Waals surface area contributed by atoms with Crippen LogP contribution in [0.15, 0.2) is 12.3 Å². The first-order valence-electron chi connectivity index (χ1n) is 12.9. The van der Waals surface area contributed by atoms with Crippen LogP contribution >= 0.6 is 0 Å². The lowest BCUT2D eigenvalue weighted by Crippen LogP contribution is -2.53. The average molecular weight is 415 g/mol. The van der Waals surface area contributed by atoms with Crippen LogP contribution in [0.1, 0.15) is 64.2 Å². The van der Waals surface area contributed by atoms with Gasteiger partial charge in [-0.1, -0.05) is 6.08 Å². The zero-order valence-corrected chi connectivity index (χ0v) is 18.8. The van der Waals surface area contributed by atoms with E-state index in [4.69, 9.17) is 4.74 Å². The molecule has 0 aromatic heterocycles. The van der Waals surface area contributed by atoms with Gasteiger partial charge in [0.15, 0.2) is 0 Å². The molecule has 0 aromatic rings. The molecule has 2 unspecified atom stereocenters. The van der Waals surface area contributed by atoms with Gasteiger partial charge in [-0.2, -0.15) is 0 Å². The van der Waals surface area contributed by atoms with Crippen LogP contribution < -0.4 is 10.6 Å². The number of hydrogen-bond acceptors (Lipinski definition) is 5. The SMILES string of the molecule is C1=CC2(CN1)CC(N1CCC3(CCC(N4CCC5(CCOCC5)CC4)C3)CNC1)C2. The highest BCUT2D eigenvalue weighted by atomic mass is 16.5. The van der Waals surface area contributed by atoms with Crippen LogP contribution in [-0.2, 0) is 4.74 Å². The molecule has 5 heteroatoms. The zero-order valence-electron chi connectivity index (χ0n) is 18.8. The molecule has 3 spiro atoms. The molecule has 5 fully saturated rings. The Kier molecular flexibility index (Phi) is 5.17. The first-order chi connectivity index (χ1) is 14.7. The molecular weight excluding hydrogens is 372 g/mol. The van der Waals surface area contributed by atoms with E-state index in [1.165, 1.54) is 96.9 Å². The van der Waals surface area contributed by atoms with E-state index >= 15 is 0 Å². The summed E-state index contributed by atoms with van der Waals surface area (Å²) in [5.41, 5.74) is 1.67. The van der Waals surface area contributed by atoms with E-state index in [0.29, 0.717) is 16.2 Å². The van der Waals surface area contributed by atoms with Gasteiger partial charge in [0.2, 0.25) is 0 Å². The molecule has 6 aliphatic rings. The number of piperidine rings is 1. The Morgan fingerprint density at radius 1 is 0.767 bits per heavy atom. The first kappa shape index (κ1) is 20.0. The fourth-order valence-electron chi connectivity index (χ4n) is 7.84. The highest BCUT2D eigenvalue weighted by Gasteiger charge is 2.48. The summed E-state index contributed by atoms with van der Waals surface area (Å²) < 4.78 is 5.64. The highest BCUT2D eigenvalue weighted by molar-refractivity contribution is 5.15. The van der Waals surface area contributed by atoms with Crippen molar-refractivity contribution in [3.63, 3.8) is 0 Å². The van der Waals surface area contributed by atoms with Crippen molar-refractivity contribution >= 4 is 0 Å². The fourth-order valence-corrected chi connectivity index (χ4v) is 7.84. The predicted molar refractivity (Wildman–Crippen MR) is 120 cm³/mol. The summed E-state index contributed by atoms with van der Waals surface area (Å²) in [7, 11) is 0. The van der Waals surface area contributed by atoms with E-state index in [2.05, 4.69) is 32.7 Å². The van der Waals surface area contributed by atoms with Gasteiger partial charge in [-0.25, -0.2) is 0 Å². The molecule has 2 N–H and O–H groups in total. The molecule has 5 nitrogen and oxygen atoms in total. The van der Waals surface area contributed by atoms with Crippen LogP contribution in [0, 0.1) is 16.2 Å². The Hall–Kier alpha value is -0.620. The average Bonchev–Trinajstić information content (AvgIpc) is 3.34. The van der Waals surface area contributed by atoms with Crippen LogP contribution in [0.25, 0.3) is 0 Å². The van der Waals surface area contributed by atoms with Gasteiger partial charge in [0.05, 0.1) is 0 Å². The lowest BCUT2D eigenvalue weighted by molar-refractivity contribution is -0.0280. The molecule has 2 atom stereocenters. The van der Waals surface area contributed by atoms with Gasteiger partial charge in [0.1, 0.15) is 0 Å². The van der Waals surface area contributed by atoms with E-state index in [0.717, 1.165) is 32.0 Å². The summed E-state index contributed by atoms with van der Waals surface area (Å²) >= 11 is 0. The Balaban J connectivity index is 1.01. The van der Waals surface area contributed by atoms with Crippen molar-refractivity contribution in [3.8, 4) is 0 Å².